The summed E-state index contributed by atoms with van der Waals surface area (Å²) in [5.74, 6) is 1.83. The summed E-state index contributed by atoms with van der Waals surface area (Å²) in [5.41, 5.74) is 0. The zero-order chi connectivity index (χ0) is 38.0. The van der Waals surface area contributed by atoms with Gasteiger partial charge in [-0.15, -0.1) is 0 Å². The van der Waals surface area contributed by atoms with E-state index in [1.807, 2.05) is 6.08 Å². The highest BCUT2D eigenvalue weighted by atomic mass is 32.2. The van der Waals surface area contributed by atoms with Gasteiger partial charge in [0.15, 0.2) is 5.12 Å². The molecule has 0 saturated heterocycles. The monoisotopic (exact) mass is 735 g/mol. The molecule has 0 aliphatic rings. The number of carbonyl (C=O) groups excluding carboxylic acids is 1. The van der Waals surface area contributed by atoms with Gasteiger partial charge in [-0.3, -0.25) is 4.79 Å². The van der Waals surface area contributed by atoms with Crippen molar-refractivity contribution in [1.29, 1.82) is 0 Å². The third-order valence-electron chi connectivity index (χ3n) is 6.34. The second-order valence-electron chi connectivity index (χ2n) is 11.2. The third kappa shape index (κ3) is 62.8. The van der Waals surface area contributed by atoms with Crippen molar-refractivity contribution in [3.8, 4) is 0 Å². The summed E-state index contributed by atoms with van der Waals surface area (Å²) in [6.45, 7) is 8.31. The molecule has 4 heteroatoms. The van der Waals surface area contributed by atoms with Crippen molar-refractivity contribution >= 4 is 29.5 Å². The number of hydrogen-bond donors (Lipinski definition) is 2. The van der Waals surface area contributed by atoms with Gasteiger partial charge < -0.3 is 5.11 Å². The molecule has 0 saturated carbocycles. The standard InChI is InChI=1S/C17H26OS.C15H24O.C15H24S/c1-3-4-5-6-7-8-9-10-11-12-13-14-15-16-19-17(2)18;2*1-2-3-4-5-6-7-8-9-10-11-12-13-14-15-16/h4-5,7-8,10-11,13-14H,3,6,9,12,15-16H2,1-2H3;2*3-4,6-7,9-10,12-13,16H,2,5,8,11,14-15H2,1H3/b5-4-,8-7-,11-10-,14-13-;2*4-3-,7-6-,10-9-,13-12-. The molecule has 0 fully saturated rings. The van der Waals surface area contributed by atoms with E-state index >= 15 is 0 Å². The molecule has 0 bridgehead atoms. The van der Waals surface area contributed by atoms with Crippen LogP contribution < -0.4 is 0 Å². The first-order chi connectivity index (χ1) is 25.1. The minimum absolute atomic E-state index is 0.203. The van der Waals surface area contributed by atoms with E-state index in [4.69, 9.17) is 5.11 Å². The normalized spacial score (nSPS) is 12.7. The summed E-state index contributed by atoms with van der Waals surface area (Å²) < 4.78 is 0. The number of thioether (sulfide) groups is 1. The SMILES string of the molecule is CC/C=C\C/C=C\C/C=C\C/C=C\CCO.CC/C=C\C/C=C\C/C=C\C/C=C\CCS.CC/C=C\C/C=C\C/C=C\C/C=C\CCSC(C)=O. The number of aliphatic hydroxyl groups excluding tert-OH is 1. The second-order valence-corrected chi connectivity index (χ2v) is 12.9. The molecule has 0 aromatic heterocycles. The molecule has 286 valence electrons. The predicted molar refractivity (Wildman–Crippen MR) is 240 cm³/mol. The fourth-order valence-electron chi connectivity index (χ4n) is 3.71. The first-order valence-corrected chi connectivity index (χ1v) is 20.9. The highest BCUT2D eigenvalue weighted by Crippen LogP contribution is 2.04. The Balaban J connectivity index is -0.000000681. The Morgan fingerprint density at radius 2 is 0.686 bits per heavy atom. The van der Waals surface area contributed by atoms with Crippen molar-refractivity contribution in [1.82, 2.24) is 0 Å². The lowest BCUT2D eigenvalue weighted by Gasteiger charge is -1.90. The van der Waals surface area contributed by atoms with Gasteiger partial charge in [-0.25, -0.2) is 0 Å². The van der Waals surface area contributed by atoms with E-state index in [-0.39, 0.29) is 11.7 Å². The van der Waals surface area contributed by atoms with E-state index in [0.29, 0.717) is 0 Å². The summed E-state index contributed by atoms with van der Waals surface area (Å²) in [5, 5.41) is 8.75. The molecule has 0 aliphatic carbocycles. The average molecular weight is 735 g/mol. The molecule has 51 heavy (non-hydrogen) atoms. The number of thiol groups is 1. The smallest absolute Gasteiger partial charge is 0.185 e. The predicted octanol–water partition coefficient (Wildman–Crippen LogP) is 14.7. The van der Waals surface area contributed by atoms with Crippen LogP contribution in [0.5, 0.6) is 0 Å². The Bertz CT molecular complexity index is 1010. The fourth-order valence-corrected chi connectivity index (χ4v) is 4.40. The lowest BCUT2D eigenvalue weighted by molar-refractivity contribution is -0.109. The summed E-state index contributed by atoms with van der Waals surface area (Å²) >= 11 is 5.53. The minimum Gasteiger partial charge on any atom is -0.396 e. The fraction of sp³-hybridized carbons (Fsp3) is 0.468. The topological polar surface area (TPSA) is 37.3 Å². The van der Waals surface area contributed by atoms with E-state index in [9.17, 15) is 4.79 Å². The molecule has 1 N–H and O–H groups in total. The van der Waals surface area contributed by atoms with Gasteiger partial charge >= 0.3 is 0 Å². The number of carbonyl (C=O) groups is 1. The van der Waals surface area contributed by atoms with Crippen molar-refractivity contribution < 1.29 is 9.90 Å². The first kappa shape index (κ1) is 52.6. The van der Waals surface area contributed by atoms with Crippen LogP contribution in [0, 0.1) is 0 Å². The summed E-state index contributed by atoms with van der Waals surface area (Å²) in [6.07, 6.45) is 67.6. The zero-order valence-corrected chi connectivity index (χ0v) is 34.5. The summed E-state index contributed by atoms with van der Waals surface area (Å²) in [4.78, 5) is 10.7. The Morgan fingerprint density at radius 3 is 0.941 bits per heavy atom. The van der Waals surface area contributed by atoms with Crippen LogP contribution in [-0.4, -0.2) is 28.3 Å². The van der Waals surface area contributed by atoms with Crippen LogP contribution in [0.1, 0.15) is 124 Å². The average Bonchev–Trinajstić information content (AvgIpc) is 3.13. The van der Waals surface area contributed by atoms with E-state index in [0.717, 1.165) is 108 Å². The van der Waals surface area contributed by atoms with Crippen LogP contribution in [0.3, 0.4) is 0 Å². The van der Waals surface area contributed by atoms with Crippen molar-refractivity contribution in [3.63, 3.8) is 0 Å². The maximum Gasteiger partial charge on any atom is 0.185 e. The van der Waals surface area contributed by atoms with Crippen molar-refractivity contribution in [2.24, 2.45) is 0 Å². The van der Waals surface area contributed by atoms with Gasteiger partial charge in [-0.05, 0) is 102 Å². The molecule has 0 aromatic rings. The lowest BCUT2D eigenvalue weighted by atomic mass is 10.2. The number of aliphatic hydroxyl groups is 1. The molecule has 0 rings (SSSR count). The molecular formula is C47H74O2S2. The molecule has 2 nitrogen and oxygen atoms in total. The van der Waals surface area contributed by atoms with Crippen molar-refractivity contribution in [2.75, 3.05) is 18.1 Å². The van der Waals surface area contributed by atoms with E-state index in [1.165, 1.54) is 11.8 Å². The Kier molecular flexibility index (Phi) is 55.7. The second kappa shape index (κ2) is 54.0. The lowest BCUT2D eigenvalue weighted by Crippen LogP contribution is -1.83. The van der Waals surface area contributed by atoms with E-state index < -0.39 is 0 Å². The molecule has 0 aromatic carbocycles. The third-order valence-corrected chi connectivity index (χ3v) is 7.44. The number of hydrogen-bond acceptors (Lipinski definition) is 4. The Morgan fingerprint density at radius 1 is 0.431 bits per heavy atom. The molecule has 0 atom stereocenters. The molecular weight excluding hydrogens is 661 g/mol. The largest absolute Gasteiger partial charge is 0.396 e. The van der Waals surface area contributed by atoms with Gasteiger partial charge in [0.2, 0.25) is 0 Å². The Labute approximate surface area is 325 Å². The molecule has 0 amide bonds. The van der Waals surface area contributed by atoms with Crippen LogP contribution in [0.4, 0.5) is 0 Å². The molecule has 0 radical (unpaired) electrons. The van der Waals surface area contributed by atoms with Crippen LogP contribution in [0.2, 0.25) is 0 Å². The maximum atomic E-state index is 10.7. The quantitative estimate of drug-likeness (QED) is 0.0477. The van der Waals surface area contributed by atoms with Crippen molar-refractivity contribution in [2.45, 2.75) is 124 Å². The van der Waals surface area contributed by atoms with E-state index in [1.54, 1.807) is 6.92 Å². The number of rotatable bonds is 28. The Hall–Kier alpha value is -2.79. The minimum atomic E-state index is 0.203. The van der Waals surface area contributed by atoms with Crippen LogP contribution in [0.15, 0.2) is 146 Å². The van der Waals surface area contributed by atoms with Gasteiger partial charge in [0.1, 0.15) is 0 Å². The number of allylic oxidation sites excluding steroid dienone is 23. The van der Waals surface area contributed by atoms with Crippen LogP contribution >= 0.6 is 24.4 Å². The highest BCUT2D eigenvalue weighted by Gasteiger charge is 1.90. The van der Waals surface area contributed by atoms with Gasteiger partial charge in [-0.2, -0.15) is 12.6 Å². The molecule has 0 heterocycles. The van der Waals surface area contributed by atoms with Gasteiger partial charge in [-0.1, -0.05) is 178 Å². The zero-order valence-electron chi connectivity index (χ0n) is 32.8. The van der Waals surface area contributed by atoms with Gasteiger partial charge in [0.25, 0.3) is 0 Å². The van der Waals surface area contributed by atoms with Gasteiger partial charge in [0.05, 0.1) is 0 Å². The molecule has 0 unspecified atom stereocenters. The van der Waals surface area contributed by atoms with Gasteiger partial charge in [0, 0.05) is 19.3 Å². The van der Waals surface area contributed by atoms with Crippen LogP contribution in [-0.2, 0) is 4.79 Å². The molecule has 0 aliphatic heterocycles. The molecule has 0 spiro atoms. The maximum absolute atomic E-state index is 10.7. The highest BCUT2D eigenvalue weighted by molar-refractivity contribution is 8.13. The summed E-state index contributed by atoms with van der Waals surface area (Å²) in [6, 6.07) is 0. The first-order valence-electron chi connectivity index (χ1n) is 19.2. The van der Waals surface area contributed by atoms with Crippen LogP contribution in [0.25, 0.3) is 0 Å². The van der Waals surface area contributed by atoms with E-state index in [2.05, 4.69) is 173 Å². The summed E-state index contributed by atoms with van der Waals surface area (Å²) in [7, 11) is 0. The van der Waals surface area contributed by atoms with Crippen molar-refractivity contribution in [3.05, 3.63) is 146 Å².